The van der Waals surface area contributed by atoms with Crippen molar-refractivity contribution in [2.24, 2.45) is 0 Å². The molecule has 0 atom stereocenters. The summed E-state index contributed by atoms with van der Waals surface area (Å²) < 4.78 is 13.0. The number of piperidine rings is 1. The van der Waals surface area contributed by atoms with Crippen LogP contribution in [-0.2, 0) is 11.3 Å². The van der Waals surface area contributed by atoms with Crippen molar-refractivity contribution in [1.82, 2.24) is 10.2 Å². The number of carbonyl (C=O) groups excluding carboxylic acids is 1. The summed E-state index contributed by atoms with van der Waals surface area (Å²) in [6.07, 6.45) is 3.34. The van der Waals surface area contributed by atoms with Crippen molar-refractivity contribution in [1.29, 1.82) is 0 Å². The summed E-state index contributed by atoms with van der Waals surface area (Å²) >= 11 is 0. The second kappa shape index (κ2) is 6.52. The quantitative estimate of drug-likeness (QED) is 0.871. The highest BCUT2D eigenvalue weighted by Crippen LogP contribution is 2.14. The van der Waals surface area contributed by atoms with Gasteiger partial charge in [0.2, 0.25) is 5.91 Å². The molecule has 1 saturated heterocycles. The van der Waals surface area contributed by atoms with E-state index in [9.17, 15) is 14.3 Å². The molecule has 0 unspecified atom stereocenters. The van der Waals surface area contributed by atoms with Crippen molar-refractivity contribution < 1.29 is 14.3 Å². The van der Waals surface area contributed by atoms with Crippen LogP contribution in [0.2, 0.25) is 0 Å². The monoisotopic (exact) mass is 266 g/mol. The average molecular weight is 266 g/mol. The zero-order valence-electron chi connectivity index (χ0n) is 10.9. The molecule has 1 fully saturated rings. The molecular weight excluding hydrogens is 247 g/mol. The van der Waals surface area contributed by atoms with Crippen LogP contribution >= 0.6 is 0 Å². The fourth-order valence-electron chi connectivity index (χ4n) is 2.30. The van der Waals surface area contributed by atoms with Gasteiger partial charge in [0, 0.05) is 25.7 Å². The smallest absolute Gasteiger partial charge is 0.236 e. The molecule has 1 aliphatic heterocycles. The first-order valence-corrected chi connectivity index (χ1v) is 6.62. The van der Waals surface area contributed by atoms with Gasteiger partial charge in [0.25, 0.3) is 0 Å². The van der Waals surface area contributed by atoms with Gasteiger partial charge in [-0.3, -0.25) is 4.79 Å². The molecular formula is C14H19FN2O2. The van der Waals surface area contributed by atoms with Crippen molar-refractivity contribution in [2.75, 3.05) is 19.6 Å². The molecule has 0 spiro atoms. The fourth-order valence-corrected chi connectivity index (χ4v) is 2.30. The largest absolute Gasteiger partial charge is 0.508 e. The molecule has 104 valence electrons. The Labute approximate surface area is 112 Å². The molecule has 1 aromatic rings. The van der Waals surface area contributed by atoms with Crippen LogP contribution in [-0.4, -0.2) is 35.5 Å². The Morgan fingerprint density at radius 1 is 1.26 bits per heavy atom. The highest BCUT2D eigenvalue weighted by Gasteiger charge is 2.15. The topological polar surface area (TPSA) is 52.6 Å². The highest BCUT2D eigenvalue weighted by atomic mass is 19.1. The lowest BCUT2D eigenvalue weighted by Crippen LogP contribution is -2.40. The highest BCUT2D eigenvalue weighted by molar-refractivity contribution is 5.78. The lowest BCUT2D eigenvalue weighted by molar-refractivity contribution is -0.131. The van der Waals surface area contributed by atoms with Crippen molar-refractivity contribution in [3.05, 3.63) is 29.6 Å². The molecule has 0 bridgehead atoms. The number of amides is 1. The zero-order valence-corrected chi connectivity index (χ0v) is 10.9. The summed E-state index contributed by atoms with van der Waals surface area (Å²) in [6.45, 7) is 2.28. The lowest BCUT2D eigenvalue weighted by atomic mass is 10.1. The predicted molar refractivity (Wildman–Crippen MR) is 70.2 cm³/mol. The number of phenols is 1. The van der Waals surface area contributed by atoms with Crippen LogP contribution in [0.3, 0.4) is 0 Å². The van der Waals surface area contributed by atoms with E-state index in [1.165, 1.54) is 18.6 Å². The van der Waals surface area contributed by atoms with Gasteiger partial charge in [-0.05, 0) is 37.0 Å². The number of hydrogen-bond donors (Lipinski definition) is 2. The van der Waals surface area contributed by atoms with E-state index in [1.807, 2.05) is 4.90 Å². The molecule has 2 N–H and O–H groups in total. The Morgan fingerprint density at radius 3 is 2.68 bits per heavy atom. The molecule has 1 amide bonds. The fraction of sp³-hybridized carbons (Fsp3) is 0.500. The first-order chi connectivity index (χ1) is 9.15. The Balaban J connectivity index is 1.77. The number of phenolic OH excluding ortho intramolecular Hbond substituents is 1. The molecule has 0 radical (unpaired) electrons. The van der Waals surface area contributed by atoms with E-state index in [4.69, 9.17) is 0 Å². The zero-order chi connectivity index (χ0) is 13.7. The summed E-state index contributed by atoms with van der Waals surface area (Å²) in [5.74, 6) is -0.487. The van der Waals surface area contributed by atoms with Crippen LogP contribution in [0.1, 0.15) is 24.8 Å². The number of nitrogens with one attached hydrogen (secondary N) is 1. The maximum atomic E-state index is 13.0. The molecule has 4 nitrogen and oxygen atoms in total. The van der Waals surface area contributed by atoms with E-state index in [0.717, 1.165) is 32.0 Å². The van der Waals surface area contributed by atoms with Gasteiger partial charge in [-0.2, -0.15) is 0 Å². The Morgan fingerprint density at radius 2 is 2.00 bits per heavy atom. The minimum Gasteiger partial charge on any atom is -0.508 e. The van der Waals surface area contributed by atoms with E-state index in [-0.39, 0.29) is 18.2 Å². The first-order valence-electron chi connectivity index (χ1n) is 6.62. The SMILES string of the molecule is O=C(CNCc1cc(O)cc(F)c1)N1CCCCC1. The lowest BCUT2D eigenvalue weighted by Gasteiger charge is -2.26. The standard InChI is InChI=1S/C14H19FN2O2/c15-12-6-11(7-13(18)8-12)9-16-10-14(19)17-4-2-1-3-5-17/h6-8,16,18H,1-5,9-10H2. The summed E-state index contributed by atoms with van der Waals surface area (Å²) in [4.78, 5) is 13.7. The minimum atomic E-state index is -0.473. The van der Waals surface area contributed by atoms with Gasteiger partial charge < -0.3 is 15.3 Å². The Kier molecular flexibility index (Phi) is 4.74. The normalized spacial score (nSPS) is 15.5. The second-order valence-corrected chi connectivity index (χ2v) is 4.86. The van der Waals surface area contributed by atoms with E-state index in [1.54, 1.807) is 0 Å². The van der Waals surface area contributed by atoms with Gasteiger partial charge in [0.1, 0.15) is 11.6 Å². The molecule has 5 heteroatoms. The van der Waals surface area contributed by atoms with Crippen LogP contribution in [0.25, 0.3) is 0 Å². The molecule has 1 aromatic carbocycles. The van der Waals surface area contributed by atoms with Crippen molar-refractivity contribution >= 4 is 5.91 Å². The number of nitrogens with zero attached hydrogens (tertiary/aromatic N) is 1. The summed E-state index contributed by atoms with van der Waals surface area (Å²) in [6, 6.07) is 3.89. The number of halogens is 1. The number of rotatable bonds is 4. The van der Waals surface area contributed by atoms with Crippen molar-refractivity contribution in [2.45, 2.75) is 25.8 Å². The van der Waals surface area contributed by atoms with Gasteiger partial charge in [-0.25, -0.2) is 4.39 Å². The average Bonchev–Trinajstić information content (AvgIpc) is 2.38. The van der Waals surface area contributed by atoms with Crippen molar-refractivity contribution in [3.63, 3.8) is 0 Å². The third-order valence-electron chi connectivity index (χ3n) is 3.26. The Bertz CT molecular complexity index is 425. The predicted octanol–water partition coefficient (Wildman–Crippen LogP) is 1.63. The van der Waals surface area contributed by atoms with E-state index >= 15 is 0 Å². The molecule has 2 rings (SSSR count). The minimum absolute atomic E-state index is 0.0836. The van der Waals surface area contributed by atoms with Gasteiger partial charge in [-0.1, -0.05) is 0 Å². The van der Waals surface area contributed by atoms with E-state index < -0.39 is 5.82 Å². The molecule has 1 heterocycles. The van der Waals surface area contributed by atoms with Gasteiger partial charge >= 0.3 is 0 Å². The van der Waals surface area contributed by atoms with E-state index in [2.05, 4.69) is 5.32 Å². The number of carbonyl (C=O) groups is 1. The second-order valence-electron chi connectivity index (χ2n) is 4.86. The van der Waals surface area contributed by atoms with Gasteiger partial charge in [0.05, 0.1) is 6.54 Å². The van der Waals surface area contributed by atoms with Crippen molar-refractivity contribution in [3.8, 4) is 5.75 Å². The number of likely N-dealkylation sites (tertiary alicyclic amines) is 1. The number of aromatic hydroxyl groups is 1. The Hall–Kier alpha value is -1.62. The molecule has 0 saturated carbocycles. The van der Waals surface area contributed by atoms with Crippen LogP contribution in [0.15, 0.2) is 18.2 Å². The summed E-state index contributed by atoms with van der Waals surface area (Å²) in [5.41, 5.74) is 0.629. The maximum absolute atomic E-state index is 13.0. The van der Waals surface area contributed by atoms with E-state index in [0.29, 0.717) is 12.1 Å². The number of hydrogen-bond acceptors (Lipinski definition) is 3. The third-order valence-corrected chi connectivity index (χ3v) is 3.26. The molecule has 0 aromatic heterocycles. The van der Waals surface area contributed by atoms with Crippen LogP contribution in [0.5, 0.6) is 5.75 Å². The third kappa shape index (κ3) is 4.21. The van der Waals surface area contributed by atoms with Crippen LogP contribution in [0.4, 0.5) is 4.39 Å². The maximum Gasteiger partial charge on any atom is 0.236 e. The molecule has 1 aliphatic rings. The summed E-state index contributed by atoms with van der Waals surface area (Å²) in [5, 5.41) is 12.2. The van der Waals surface area contributed by atoms with Crippen LogP contribution < -0.4 is 5.32 Å². The van der Waals surface area contributed by atoms with Gasteiger partial charge in [0.15, 0.2) is 0 Å². The first kappa shape index (κ1) is 13.8. The molecule has 19 heavy (non-hydrogen) atoms. The summed E-state index contributed by atoms with van der Waals surface area (Å²) in [7, 11) is 0. The van der Waals surface area contributed by atoms with Crippen LogP contribution in [0, 0.1) is 5.82 Å². The molecule has 0 aliphatic carbocycles. The van der Waals surface area contributed by atoms with Gasteiger partial charge in [-0.15, -0.1) is 0 Å². The number of benzene rings is 1.